The molecule has 2 rings (SSSR count). The Morgan fingerprint density at radius 2 is 2.17 bits per heavy atom. The minimum atomic E-state index is -0.331. The molecular formula is C15H27N3. The van der Waals surface area contributed by atoms with E-state index in [1.807, 2.05) is 0 Å². The molecule has 0 amide bonds. The Labute approximate surface area is 112 Å². The van der Waals surface area contributed by atoms with Crippen LogP contribution in [0.5, 0.6) is 0 Å². The fraction of sp³-hybridized carbons (Fsp3) is 0.933. The Hall–Kier alpha value is -0.590. The first kappa shape index (κ1) is 13.8. The Kier molecular flexibility index (Phi) is 3.99. The number of nitrogens with one attached hydrogen (secondary N) is 1. The summed E-state index contributed by atoms with van der Waals surface area (Å²) in [5, 5.41) is 12.9. The zero-order valence-electron chi connectivity index (χ0n) is 12.1. The summed E-state index contributed by atoms with van der Waals surface area (Å²) in [6, 6.07) is 3.08. The van der Waals surface area contributed by atoms with Gasteiger partial charge in [0.1, 0.15) is 5.54 Å². The summed E-state index contributed by atoms with van der Waals surface area (Å²) in [5.41, 5.74) is 0.119. The lowest BCUT2D eigenvalue weighted by Gasteiger charge is -2.39. The van der Waals surface area contributed by atoms with Crippen molar-refractivity contribution in [1.29, 1.82) is 5.26 Å². The van der Waals surface area contributed by atoms with E-state index in [0.29, 0.717) is 11.5 Å². The third-order valence-corrected chi connectivity index (χ3v) is 4.25. The number of piperidine rings is 1. The van der Waals surface area contributed by atoms with Crippen LogP contribution in [0, 0.1) is 16.7 Å². The van der Waals surface area contributed by atoms with Crippen LogP contribution in [-0.2, 0) is 0 Å². The first-order valence-electron chi connectivity index (χ1n) is 7.34. The number of rotatable bonds is 5. The SMILES string of the molecule is CC1(C)CCCN(CCC(C)(C#N)NC2CC2)C1. The van der Waals surface area contributed by atoms with Gasteiger partial charge < -0.3 is 4.90 Å². The first-order chi connectivity index (χ1) is 8.42. The molecule has 1 unspecified atom stereocenters. The number of nitrogens with zero attached hydrogens (tertiary/aromatic N) is 2. The molecule has 0 bridgehead atoms. The Morgan fingerprint density at radius 3 is 2.72 bits per heavy atom. The van der Waals surface area contributed by atoms with Crippen LogP contribution in [-0.4, -0.2) is 36.1 Å². The van der Waals surface area contributed by atoms with Crippen LogP contribution in [0.25, 0.3) is 0 Å². The maximum Gasteiger partial charge on any atom is 0.105 e. The van der Waals surface area contributed by atoms with Crippen molar-refractivity contribution >= 4 is 0 Å². The molecule has 0 aromatic heterocycles. The van der Waals surface area contributed by atoms with Gasteiger partial charge >= 0.3 is 0 Å². The predicted octanol–water partition coefficient (Wildman–Crippen LogP) is 2.53. The maximum atomic E-state index is 9.36. The molecule has 1 N–H and O–H groups in total. The van der Waals surface area contributed by atoms with Gasteiger partial charge in [0.2, 0.25) is 0 Å². The lowest BCUT2D eigenvalue weighted by Crippen LogP contribution is -2.47. The Balaban J connectivity index is 1.80. The van der Waals surface area contributed by atoms with Crippen molar-refractivity contribution < 1.29 is 0 Å². The van der Waals surface area contributed by atoms with Crippen molar-refractivity contribution in [2.75, 3.05) is 19.6 Å². The molecule has 1 saturated carbocycles. The van der Waals surface area contributed by atoms with Crippen molar-refractivity contribution in [2.45, 2.75) is 64.5 Å². The van der Waals surface area contributed by atoms with E-state index in [4.69, 9.17) is 0 Å². The van der Waals surface area contributed by atoms with Gasteiger partial charge in [-0.3, -0.25) is 5.32 Å². The third kappa shape index (κ3) is 3.96. The molecule has 0 aromatic rings. The van der Waals surface area contributed by atoms with Gasteiger partial charge in [-0.1, -0.05) is 13.8 Å². The molecule has 2 aliphatic rings. The smallest absolute Gasteiger partial charge is 0.105 e. The lowest BCUT2D eigenvalue weighted by molar-refractivity contribution is 0.110. The second kappa shape index (κ2) is 5.19. The zero-order valence-corrected chi connectivity index (χ0v) is 12.1. The molecule has 3 heteroatoms. The Bertz CT molecular complexity index is 327. The van der Waals surface area contributed by atoms with Crippen molar-refractivity contribution in [3.63, 3.8) is 0 Å². The van der Waals surface area contributed by atoms with Crippen LogP contribution in [0.1, 0.15) is 52.9 Å². The second-order valence-electron chi connectivity index (χ2n) is 7.16. The molecule has 0 aromatic carbocycles. The summed E-state index contributed by atoms with van der Waals surface area (Å²) in [7, 11) is 0. The van der Waals surface area contributed by atoms with Crippen molar-refractivity contribution in [3.05, 3.63) is 0 Å². The average molecular weight is 249 g/mol. The average Bonchev–Trinajstić information content (AvgIpc) is 3.09. The summed E-state index contributed by atoms with van der Waals surface area (Å²) in [5.74, 6) is 0. The molecule has 18 heavy (non-hydrogen) atoms. The zero-order chi connectivity index (χ0) is 13.2. The van der Waals surface area contributed by atoms with Gasteiger partial charge in [-0.2, -0.15) is 5.26 Å². The van der Waals surface area contributed by atoms with Crippen molar-refractivity contribution in [3.8, 4) is 6.07 Å². The van der Waals surface area contributed by atoms with E-state index in [0.717, 1.165) is 13.0 Å². The standard InChI is InChI=1S/C15H27N3/c1-14(2)7-4-9-18(12-14)10-8-15(3,11-16)17-13-5-6-13/h13,17H,4-10,12H2,1-3H3. The summed E-state index contributed by atoms with van der Waals surface area (Å²) < 4.78 is 0. The first-order valence-corrected chi connectivity index (χ1v) is 7.34. The monoisotopic (exact) mass is 249 g/mol. The van der Waals surface area contributed by atoms with Crippen molar-refractivity contribution in [2.24, 2.45) is 5.41 Å². The molecule has 0 spiro atoms. The number of likely N-dealkylation sites (tertiary alicyclic amines) is 1. The van der Waals surface area contributed by atoms with Gasteiger partial charge in [-0.05, 0) is 51.0 Å². The fourth-order valence-electron chi connectivity index (χ4n) is 2.96. The second-order valence-corrected chi connectivity index (χ2v) is 7.16. The summed E-state index contributed by atoms with van der Waals surface area (Å²) in [6.45, 7) is 10.2. The van der Waals surface area contributed by atoms with Gasteiger partial charge in [-0.15, -0.1) is 0 Å². The minimum Gasteiger partial charge on any atom is -0.303 e. The molecule has 3 nitrogen and oxygen atoms in total. The largest absolute Gasteiger partial charge is 0.303 e. The lowest BCUT2D eigenvalue weighted by atomic mass is 9.84. The number of hydrogen-bond donors (Lipinski definition) is 1. The highest BCUT2D eigenvalue weighted by molar-refractivity contribution is 5.07. The predicted molar refractivity (Wildman–Crippen MR) is 74.2 cm³/mol. The van der Waals surface area contributed by atoms with E-state index in [9.17, 15) is 5.26 Å². The van der Waals surface area contributed by atoms with Crippen LogP contribution < -0.4 is 5.32 Å². The highest BCUT2D eigenvalue weighted by Gasteiger charge is 2.33. The van der Waals surface area contributed by atoms with Gasteiger partial charge in [-0.25, -0.2) is 0 Å². The van der Waals surface area contributed by atoms with Gasteiger partial charge in [0.25, 0.3) is 0 Å². The maximum absolute atomic E-state index is 9.36. The molecule has 102 valence electrons. The van der Waals surface area contributed by atoms with Gasteiger partial charge in [0.15, 0.2) is 0 Å². The highest BCUT2D eigenvalue weighted by atomic mass is 15.1. The molecule has 2 fully saturated rings. The van der Waals surface area contributed by atoms with E-state index in [-0.39, 0.29) is 5.54 Å². The molecule has 1 heterocycles. The molecule has 1 aliphatic carbocycles. The van der Waals surface area contributed by atoms with E-state index in [1.165, 1.54) is 38.8 Å². The molecule has 1 atom stereocenters. The van der Waals surface area contributed by atoms with Gasteiger partial charge in [0, 0.05) is 19.1 Å². The van der Waals surface area contributed by atoms with E-state index in [2.05, 4.69) is 37.1 Å². The highest BCUT2D eigenvalue weighted by Crippen LogP contribution is 2.29. The Morgan fingerprint density at radius 1 is 1.44 bits per heavy atom. The van der Waals surface area contributed by atoms with Crippen LogP contribution in [0.3, 0.4) is 0 Å². The van der Waals surface area contributed by atoms with Crippen molar-refractivity contribution in [1.82, 2.24) is 10.2 Å². The van der Waals surface area contributed by atoms with Crippen LogP contribution in [0.15, 0.2) is 0 Å². The van der Waals surface area contributed by atoms with Gasteiger partial charge in [0.05, 0.1) is 6.07 Å². The molecule has 1 aliphatic heterocycles. The number of nitriles is 1. The normalized spacial score (nSPS) is 27.4. The molecule has 1 saturated heterocycles. The van der Waals surface area contributed by atoms with E-state index >= 15 is 0 Å². The molecular weight excluding hydrogens is 222 g/mol. The molecule has 0 radical (unpaired) electrons. The van der Waals surface area contributed by atoms with E-state index in [1.54, 1.807) is 0 Å². The summed E-state index contributed by atoms with van der Waals surface area (Å²) in [6.07, 6.45) is 6.06. The number of hydrogen-bond acceptors (Lipinski definition) is 3. The minimum absolute atomic E-state index is 0.331. The van der Waals surface area contributed by atoms with Crippen LogP contribution >= 0.6 is 0 Å². The summed E-state index contributed by atoms with van der Waals surface area (Å²) in [4.78, 5) is 2.54. The quantitative estimate of drug-likeness (QED) is 0.814. The third-order valence-electron chi connectivity index (χ3n) is 4.25. The fourth-order valence-corrected chi connectivity index (χ4v) is 2.96. The topological polar surface area (TPSA) is 39.1 Å². The van der Waals surface area contributed by atoms with Crippen LogP contribution in [0.2, 0.25) is 0 Å². The summed E-state index contributed by atoms with van der Waals surface area (Å²) >= 11 is 0. The van der Waals surface area contributed by atoms with Crippen LogP contribution in [0.4, 0.5) is 0 Å². The van der Waals surface area contributed by atoms with E-state index < -0.39 is 0 Å².